The molecule has 0 spiro atoms. The van der Waals surface area contributed by atoms with Gasteiger partial charge >= 0.3 is 0 Å². The molecule has 134 valence electrons. The molecule has 1 aromatic carbocycles. The average Bonchev–Trinajstić information content (AvgIpc) is 2.95. The number of carbonyl (C=O) groups excluding carboxylic acids is 1. The highest BCUT2D eigenvalue weighted by Gasteiger charge is 2.36. The van der Waals surface area contributed by atoms with Gasteiger partial charge in [-0.25, -0.2) is 12.8 Å². The summed E-state index contributed by atoms with van der Waals surface area (Å²) in [6.45, 7) is 2.51. The molecule has 8 heteroatoms. The molecule has 2 fully saturated rings. The van der Waals surface area contributed by atoms with Gasteiger partial charge in [-0.1, -0.05) is 0 Å². The van der Waals surface area contributed by atoms with Crippen LogP contribution in [0.5, 0.6) is 0 Å². The van der Waals surface area contributed by atoms with Gasteiger partial charge in [-0.05, 0) is 24.3 Å². The van der Waals surface area contributed by atoms with Gasteiger partial charge in [-0.2, -0.15) is 0 Å². The first-order valence-electron chi connectivity index (χ1n) is 8.38. The van der Waals surface area contributed by atoms with Gasteiger partial charge in [0, 0.05) is 49.3 Å². The van der Waals surface area contributed by atoms with Crippen molar-refractivity contribution in [2.24, 2.45) is 0 Å². The van der Waals surface area contributed by atoms with Crippen molar-refractivity contribution in [3.63, 3.8) is 0 Å². The summed E-state index contributed by atoms with van der Waals surface area (Å²) in [6.07, 6.45) is 1.78. The number of benzene rings is 1. The number of aromatic nitrogens is 1. The van der Waals surface area contributed by atoms with Crippen LogP contribution in [0.15, 0.2) is 30.5 Å². The van der Waals surface area contributed by atoms with Crippen molar-refractivity contribution in [1.82, 2.24) is 14.4 Å². The second-order valence-electron chi connectivity index (χ2n) is 6.79. The van der Waals surface area contributed by atoms with Crippen molar-refractivity contribution < 1.29 is 17.6 Å². The molecule has 4 rings (SSSR count). The van der Waals surface area contributed by atoms with Crippen LogP contribution >= 0.6 is 0 Å². The van der Waals surface area contributed by atoms with Crippen molar-refractivity contribution >= 4 is 26.6 Å². The van der Waals surface area contributed by atoms with Crippen molar-refractivity contribution in [3.8, 4) is 0 Å². The molecule has 1 unspecified atom stereocenters. The van der Waals surface area contributed by atoms with Crippen LogP contribution in [-0.4, -0.2) is 72.4 Å². The van der Waals surface area contributed by atoms with Crippen LogP contribution in [-0.2, 0) is 21.2 Å². The van der Waals surface area contributed by atoms with E-state index < -0.39 is 9.84 Å². The van der Waals surface area contributed by atoms with E-state index in [9.17, 15) is 17.6 Å². The number of sulfone groups is 1. The standard InChI is InChI=1S/C17H20FN3O3S/c18-14-1-2-16-13(9-14)3-4-20(16)11-17(22)21-6-5-19-7-8-25(23,24)12-15(19)10-21/h1-4,9,15H,5-8,10-12H2. The molecule has 2 aliphatic rings. The highest BCUT2D eigenvalue weighted by molar-refractivity contribution is 7.91. The lowest BCUT2D eigenvalue weighted by Crippen LogP contribution is -2.60. The fourth-order valence-electron chi connectivity index (χ4n) is 3.76. The Labute approximate surface area is 145 Å². The summed E-state index contributed by atoms with van der Waals surface area (Å²) < 4.78 is 38.8. The SMILES string of the molecule is O=C(Cn1ccc2cc(F)ccc21)N1CCN2CCS(=O)(=O)CC2C1. The van der Waals surface area contributed by atoms with E-state index in [1.165, 1.54) is 12.1 Å². The van der Waals surface area contributed by atoms with Crippen LogP contribution < -0.4 is 0 Å². The van der Waals surface area contributed by atoms with Gasteiger partial charge in [-0.3, -0.25) is 9.69 Å². The fourth-order valence-corrected chi connectivity index (χ4v) is 5.34. The monoisotopic (exact) mass is 365 g/mol. The number of halogens is 1. The average molecular weight is 365 g/mol. The number of hydrogen-bond donors (Lipinski definition) is 0. The van der Waals surface area contributed by atoms with Crippen LogP contribution in [0.25, 0.3) is 10.9 Å². The van der Waals surface area contributed by atoms with Crippen molar-refractivity contribution in [2.75, 3.05) is 37.7 Å². The molecular formula is C17H20FN3O3S. The lowest BCUT2D eigenvalue weighted by atomic mass is 10.2. The van der Waals surface area contributed by atoms with Crippen molar-refractivity contribution in [3.05, 3.63) is 36.3 Å². The van der Waals surface area contributed by atoms with Gasteiger partial charge in [-0.15, -0.1) is 0 Å². The van der Waals surface area contributed by atoms with E-state index in [1.54, 1.807) is 27.8 Å². The summed E-state index contributed by atoms with van der Waals surface area (Å²) in [7, 11) is -3.01. The number of fused-ring (bicyclic) bond motifs is 2. The van der Waals surface area contributed by atoms with E-state index in [0.717, 1.165) is 10.9 Å². The van der Waals surface area contributed by atoms with E-state index >= 15 is 0 Å². The molecule has 2 saturated heterocycles. The third kappa shape index (κ3) is 3.28. The molecule has 6 nitrogen and oxygen atoms in total. The Morgan fingerprint density at radius 2 is 2.04 bits per heavy atom. The molecule has 3 heterocycles. The van der Waals surface area contributed by atoms with Gasteiger partial charge in [0.1, 0.15) is 12.4 Å². The zero-order valence-corrected chi connectivity index (χ0v) is 14.6. The van der Waals surface area contributed by atoms with Crippen LogP contribution in [0.4, 0.5) is 4.39 Å². The van der Waals surface area contributed by atoms with Gasteiger partial charge in [0.05, 0.1) is 11.5 Å². The number of rotatable bonds is 2. The summed E-state index contributed by atoms with van der Waals surface area (Å²) in [5.74, 6) is 0.00180. The number of carbonyl (C=O) groups is 1. The maximum absolute atomic E-state index is 13.3. The molecule has 0 radical (unpaired) electrons. The molecule has 2 aliphatic heterocycles. The molecule has 0 aliphatic carbocycles. The summed E-state index contributed by atoms with van der Waals surface area (Å²) in [5, 5.41) is 0.760. The second kappa shape index (κ2) is 6.10. The van der Waals surface area contributed by atoms with E-state index in [4.69, 9.17) is 0 Å². The largest absolute Gasteiger partial charge is 0.338 e. The highest BCUT2D eigenvalue weighted by atomic mass is 32.2. The smallest absolute Gasteiger partial charge is 0.242 e. The predicted octanol–water partition coefficient (Wildman–Crippen LogP) is 0.722. The highest BCUT2D eigenvalue weighted by Crippen LogP contribution is 2.20. The van der Waals surface area contributed by atoms with Gasteiger partial charge in [0.15, 0.2) is 9.84 Å². The maximum Gasteiger partial charge on any atom is 0.242 e. The number of hydrogen-bond acceptors (Lipinski definition) is 4. The van der Waals surface area contributed by atoms with E-state index in [0.29, 0.717) is 26.2 Å². The van der Waals surface area contributed by atoms with Crippen LogP contribution in [0, 0.1) is 5.82 Å². The Kier molecular flexibility index (Phi) is 4.04. The Hall–Kier alpha value is -1.93. The maximum atomic E-state index is 13.3. The lowest BCUT2D eigenvalue weighted by molar-refractivity contribution is -0.134. The van der Waals surface area contributed by atoms with E-state index in [2.05, 4.69) is 4.90 Å². The first-order chi connectivity index (χ1) is 11.9. The topological polar surface area (TPSA) is 62.6 Å². The molecule has 0 bridgehead atoms. The summed E-state index contributed by atoms with van der Waals surface area (Å²) >= 11 is 0. The number of piperazine rings is 1. The van der Waals surface area contributed by atoms with E-state index in [-0.39, 0.29) is 35.8 Å². The van der Waals surface area contributed by atoms with E-state index in [1.807, 2.05) is 0 Å². The minimum atomic E-state index is -3.01. The molecule has 1 aromatic heterocycles. The molecule has 1 amide bonds. The second-order valence-corrected chi connectivity index (χ2v) is 9.02. The normalized spacial score (nSPS) is 23.6. The quantitative estimate of drug-likeness (QED) is 0.787. The lowest BCUT2D eigenvalue weighted by Gasteiger charge is -2.43. The zero-order valence-electron chi connectivity index (χ0n) is 13.8. The van der Waals surface area contributed by atoms with Crippen LogP contribution in [0.1, 0.15) is 0 Å². The molecule has 0 saturated carbocycles. The van der Waals surface area contributed by atoms with Crippen LogP contribution in [0.2, 0.25) is 0 Å². The molecule has 1 atom stereocenters. The Balaban J connectivity index is 1.47. The molecule has 25 heavy (non-hydrogen) atoms. The Morgan fingerprint density at radius 1 is 1.20 bits per heavy atom. The third-order valence-electron chi connectivity index (χ3n) is 5.13. The Morgan fingerprint density at radius 3 is 2.88 bits per heavy atom. The fraction of sp³-hybridized carbons (Fsp3) is 0.471. The summed E-state index contributed by atoms with van der Waals surface area (Å²) in [4.78, 5) is 16.6. The van der Waals surface area contributed by atoms with Gasteiger partial charge < -0.3 is 9.47 Å². The summed E-state index contributed by atoms with van der Waals surface area (Å²) in [6, 6.07) is 6.18. The van der Waals surface area contributed by atoms with Crippen LogP contribution in [0.3, 0.4) is 0 Å². The first kappa shape index (κ1) is 16.5. The molecular weight excluding hydrogens is 345 g/mol. The third-order valence-corrected chi connectivity index (χ3v) is 6.83. The minimum Gasteiger partial charge on any atom is -0.338 e. The molecule has 0 N–H and O–H groups in total. The summed E-state index contributed by atoms with van der Waals surface area (Å²) in [5.41, 5.74) is 0.814. The van der Waals surface area contributed by atoms with Crippen molar-refractivity contribution in [1.29, 1.82) is 0 Å². The number of nitrogens with zero attached hydrogens (tertiary/aromatic N) is 3. The van der Waals surface area contributed by atoms with Crippen molar-refractivity contribution in [2.45, 2.75) is 12.6 Å². The Bertz CT molecular complexity index is 924. The molecule has 2 aromatic rings. The number of amides is 1. The van der Waals surface area contributed by atoms with Gasteiger partial charge in [0.25, 0.3) is 0 Å². The predicted molar refractivity (Wildman–Crippen MR) is 92.5 cm³/mol. The zero-order chi connectivity index (χ0) is 17.6. The first-order valence-corrected chi connectivity index (χ1v) is 10.2. The van der Waals surface area contributed by atoms with Gasteiger partial charge in [0.2, 0.25) is 5.91 Å². The minimum absolute atomic E-state index is 0.0375.